The smallest absolute Gasteiger partial charge is 0.254 e. The zero-order valence-electron chi connectivity index (χ0n) is 11.0. The van der Waals surface area contributed by atoms with Gasteiger partial charge >= 0.3 is 0 Å². The summed E-state index contributed by atoms with van der Waals surface area (Å²) in [5, 5.41) is 0. The van der Waals surface area contributed by atoms with Crippen molar-refractivity contribution < 1.29 is 4.79 Å². The first-order valence-corrected chi connectivity index (χ1v) is 6.73. The van der Waals surface area contributed by atoms with Gasteiger partial charge in [0.25, 0.3) is 5.91 Å². The standard InChI is InChI=1S/C16H19NO/c1-11-6-9-15(12(2)10-11)16(18)17-13-4-3-5-14(17)8-7-13/h3-4,6,9-10,13-14H,5,7-8H2,1-2H3. The van der Waals surface area contributed by atoms with Crippen molar-refractivity contribution in [2.45, 2.75) is 45.2 Å². The Morgan fingerprint density at radius 1 is 1.28 bits per heavy atom. The average molecular weight is 241 g/mol. The monoisotopic (exact) mass is 241 g/mol. The Morgan fingerprint density at radius 2 is 2.11 bits per heavy atom. The van der Waals surface area contributed by atoms with Crippen LogP contribution >= 0.6 is 0 Å². The summed E-state index contributed by atoms with van der Waals surface area (Å²) in [5.74, 6) is 0.212. The molecule has 2 heterocycles. The maximum absolute atomic E-state index is 12.7. The van der Waals surface area contributed by atoms with Crippen molar-refractivity contribution in [1.29, 1.82) is 0 Å². The number of amides is 1. The summed E-state index contributed by atoms with van der Waals surface area (Å²) in [7, 11) is 0. The van der Waals surface area contributed by atoms with E-state index < -0.39 is 0 Å². The molecule has 0 aliphatic carbocycles. The minimum Gasteiger partial charge on any atom is -0.329 e. The maximum Gasteiger partial charge on any atom is 0.254 e. The van der Waals surface area contributed by atoms with Gasteiger partial charge < -0.3 is 4.90 Å². The molecule has 2 heteroatoms. The summed E-state index contributed by atoms with van der Waals surface area (Å²) in [4.78, 5) is 14.8. The molecule has 1 fully saturated rings. The van der Waals surface area contributed by atoms with Gasteiger partial charge in [-0.1, -0.05) is 29.8 Å². The van der Waals surface area contributed by atoms with Crippen LogP contribution in [0.15, 0.2) is 30.4 Å². The van der Waals surface area contributed by atoms with Gasteiger partial charge in [-0.2, -0.15) is 0 Å². The van der Waals surface area contributed by atoms with Crippen LogP contribution in [0.3, 0.4) is 0 Å². The lowest BCUT2D eigenvalue weighted by Gasteiger charge is -2.32. The van der Waals surface area contributed by atoms with Crippen molar-refractivity contribution in [3.8, 4) is 0 Å². The third kappa shape index (κ3) is 1.76. The van der Waals surface area contributed by atoms with Crippen LogP contribution in [0.25, 0.3) is 0 Å². The summed E-state index contributed by atoms with van der Waals surface area (Å²) in [5.41, 5.74) is 3.17. The minimum absolute atomic E-state index is 0.212. The first-order chi connectivity index (χ1) is 8.66. The number of aryl methyl sites for hydroxylation is 2. The molecule has 0 radical (unpaired) electrons. The summed E-state index contributed by atoms with van der Waals surface area (Å²) in [6.45, 7) is 4.09. The molecule has 3 rings (SSSR count). The van der Waals surface area contributed by atoms with E-state index in [1.807, 2.05) is 19.1 Å². The summed E-state index contributed by atoms with van der Waals surface area (Å²) < 4.78 is 0. The largest absolute Gasteiger partial charge is 0.329 e. The Hall–Kier alpha value is -1.57. The Bertz CT molecular complexity index is 518. The molecule has 0 saturated carbocycles. The highest BCUT2D eigenvalue weighted by atomic mass is 16.2. The molecule has 1 aromatic carbocycles. The second kappa shape index (κ2) is 4.27. The lowest BCUT2D eigenvalue weighted by atomic mass is 10.0. The summed E-state index contributed by atoms with van der Waals surface area (Å²) in [6.07, 6.45) is 7.72. The predicted molar refractivity (Wildman–Crippen MR) is 72.7 cm³/mol. The summed E-state index contributed by atoms with van der Waals surface area (Å²) in [6, 6.07) is 6.85. The van der Waals surface area contributed by atoms with Gasteiger partial charge in [0, 0.05) is 11.6 Å². The highest BCUT2D eigenvalue weighted by molar-refractivity contribution is 5.96. The molecule has 2 bridgehead atoms. The average Bonchev–Trinajstić information content (AvgIpc) is 2.58. The summed E-state index contributed by atoms with van der Waals surface area (Å²) >= 11 is 0. The number of nitrogens with zero attached hydrogens (tertiary/aromatic N) is 1. The fraction of sp³-hybridized carbons (Fsp3) is 0.438. The quantitative estimate of drug-likeness (QED) is 0.691. The van der Waals surface area contributed by atoms with Gasteiger partial charge in [-0.3, -0.25) is 4.79 Å². The SMILES string of the molecule is Cc1ccc(C(=O)N2C3C=CCC2CC3)c(C)c1. The maximum atomic E-state index is 12.7. The minimum atomic E-state index is 0.212. The molecule has 94 valence electrons. The molecule has 0 aromatic heterocycles. The lowest BCUT2D eigenvalue weighted by Crippen LogP contribution is -2.42. The van der Waals surface area contributed by atoms with E-state index in [1.165, 1.54) is 5.56 Å². The van der Waals surface area contributed by atoms with Crippen molar-refractivity contribution in [1.82, 2.24) is 4.90 Å². The van der Waals surface area contributed by atoms with Gasteiger partial charge in [-0.05, 0) is 44.7 Å². The van der Waals surface area contributed by atoms with Gasteiger partial charge in [0.15, 0.2) is 0 Å². The van der Waals surface area contributed by atoms with Crippen molar-refractivity contribution in [3.05, 3.63) is 47.0 Å². The van der Waals surface area contributed by atoms with E-state index in [-0.39, 0.29) is 5.91 Å². The molecule has 2 atom stereocenters. The highest BCUT2D eigenvalue weighted by Gasteiger charge is 2.37. The van der Waals surface area contributed by atoms with Crippen molar-refractivity contribution in [2.24, 2.45) is 0 Å². The van der Waals surface area contributed by atoms with Crippen LogP contribution < -0.4 is 0 Å². The Morgan fingerprint density at radius 3 is 2.83 bits per heavy atom. The number of carbonyl (C=O) groups is 1. The Balaban J connectivity index is 1.93. The van der Waals surface area contributed by atoms with E-state index in [0.29, 0.717) is 12.1 Å². The third-order valence-electron chi connectivity index (χ3n) is 4.16. The molecular weight excluding hydrogens is 222 g/mol. The van der Waals surface area contributed by atoms with Crippen molar-refractivity contribution in [2.75, 3.05) is 0 Å². The van der Waals surface area contributed by atoms with E-state index >= 15 is 0 Å². The highest BCUT2D eigenvalue weighted by Crippen LogP contribution is 2.33. The van der Waals surface area contributed by atoms with Crippen LogP contribution in [-0.4, -0.2) is 22.9 Å². The zero-order valence-corrected chi connectivity index (χ0v) is 11.0. The predicted octanol–water partition coefficient (Wildman–Crippen LogP) is 3.24. The van der Waals surface area contributed by atoms with Gasteiger partial charge in [0.05, 0.1) is 6.04 Å². The van der Waals surface area contributed by atoms with E-state index in [1.54, 1.807) is 0 Å². The molecule has 1 saturated heterocycles. The number of rotatable bonds is 1. The van der Waals surface area contributed by atoms with E-state index in [0.717, 1.165) is 30.4 Å². The Kier molecular flexibility index (Phi) is 2.73. The van der Waals surface area contributed by atoms with E-state index in [4.69, 9.17) is 0 Å². The molecule has 2 aliphatic rings. The van der Waals surface area contributed by atoms with Crippen LogP contribution in [0.4, 0.5) is 0 Å². The first kappa shape index (κ1) is 11.5. The number of hydrogen-bond donors (Lipinski definition) is 0. The van der Waals surface area contributed by atoms with Crippen molar-refractivity contribution in [3.63, 3.8) is 0 Å². The zero-order chi connectivity index (χ0) is 12.7. The fourth-order valence-electron chi connectivity index (χ4n) is 3.23. The van der Waals surface area contributed by atoms with E-state index in [2.05, 4.69) is 30.0 Å². The molecular formula is C16H19NO. The van der Waals surface area contributed by atoms with Gasteiger partial charge in [0.1, 0.15) is 0 Å². The van der Waals surface area contributed by atoms with Crippen LogP contribution in [0.5, 0.6) is 0 Å². The Labute approximate surface area is 108 Å². The molecule has 1 aromatic rings. The van der Waals surface area contributed by atoms with E-state index in [9.17, 15) is 4.79 Å². The molecule has 2 unspecified atom stereocenters. The van der Waals surface area contributed by atoms with Crippen LogP contribution in [0, 0.1) is 13.8 Å². The lowest BCUT2D eigenvalue weighted by molar-refractivity contribution is 0.0688. The third-order valence-corrected chi connectivity index (χ3v) is 4.16. The second-order valence-electron chi connectivity index (χ2n) is 5.49. The van der Waals surface area contributed by atoms with Crippen LogP contribution in [-0.2, 0) is 0 Å². The number of benzene rings is 1. The first-order valence-electron chi connectivity index (χ1n) is 6.73. The fourth-order valence-corrected chi connectivity index (χ4v) is 3.23. The molecule has 18 heavy (non-hydrogen) atoms. The normalized spacial score (nSPS) is 25.6. The topological polar surface area (TPSA) is 20.3 Å². The molecule has 2 nitrogen and oxygen atoms in total. The number of carbonyl (C=O) groups excluding carboxylic acids is 1. The van der Waals surface area contributed by atoms with Gasteiger partial charge in [0.2, 0.25) is 0 Å². The van der Waals surface area contributed by atoms with Crippen LogP contribution in [0.2, 0.25) is 0 Å². The molecule has 1 amide bonds. The van der Waals surface area contributed by atoms with Crippen LogP contribution in [0.1, 0.15) is 40.7 Å². The van der Waals surface area contributed by atoms with Gasteiger partial charge in [-0.25, -0.2) is 0 Å². The molecule has 2 aliphatic heterocycles. The molecule has 0 N–H and O–H groups in total. The number of fused-ring (bicyclic) bond motifs is 2. The van der Waals surface area contributed by atoms with Gasteiger partial charge in [-0.15, -0.1) is 0 Å². The second-order valence-corrected chi connectivity index (χ2v) is 5.49. The van der Waals surface area contributed by atoms with Crippen molar-refractivity contribution >= 4 is 5.91 Å². The molecule has 0 spiro atoms. The number of hydrogen-bond acceptors (Lipinski definition) is 1.